The number of carbonyl (C=O) groups excluding carboxylic acids is 1. The standard InChI is InChI=1S/C26H22N2O4/c1-16-3-7-18(8-4-16)25-21-12-11-20(13-23(21)32-26(28)22(25)14-27)31-24(29)15-30-19-9-5-17(2)6-10-19/h3-13,25H,15,28H2,1-2H3. The van der Waals surface area contributed by atoms with Crippen molar-refractivity contribution in [2.45, 2.75) is 19.8 Å². The van der Waals surface area contributed by atoms with Crippen molar-refractivity contribution < 1.29 is 19.0 Å². The molecule has 3 aromatic rings. The second-order valence-corrected chi connectivity index (χ2v) is 7.61. The Balaban J connectivity index is 1.53. The van der Waals surface area contributed by atoms with Crippen molar-refractivity contribution in [2.24, 2.45) is 5.73 Å². The molecule has 1 heterocycles. The SMILES string of the molecule is Cc1ccc(OCC(=O)Oc2ccc3c(c2)OC(N)=C(C#N)C3c2ccc(C)cc2)cc1. The second kappa shape index (κ2) is 8.86. The summed E-state index contributed by atoms with van der Waals surface area (Å²) >= 11 is 0. The van der Waals surface area contributed by atoms with Crippen molar-refractivity contribution in [2.75, 3.05) is 6.61 Å². The second-order valence-electron chi connectivity index (χ2n) is 7.61. The van der Waals surface area contributed by atoms with Gasteiger partial charge in [0.1, 0.15) is 28.9 Å². The summed E-state index contributed by atoms with van der Waals surface area (Å²) < 4.78 is 16.6. The maximum absolute atomic E-state index is 12.2. The first-order valence-electron chi connectivity index (χ1n) is 10.1. The number of carbonyl (C=O) groups is 1. The lowest BCUT2D eigenvalue weighted by molar-refractivity contribution is -0.136. The topological polar surface area (TPSA) is 94.6 Å². The number of esters is 1. The molecule has 1 aliphatic heterocycles. The lowest BCUT2D eigenvalue weighted by atomic mass is 9.83. The van der Waals surface area contributed by atoms with Gasteiger partial charge in [-0.05, 0) is 37.6 Å². The number of rotatable bonds is 5. The van der Waals surface area contributed by atoms with E-state index in [1.54, 1.807) is 30.3 Å². The van der Waals surface area contributed by atoms with Gasteiger partial charge in [0, 0.05) is 11.6 Å². The highest BCUT2D eigenvalue weighted by molar-refractivity contribution is 5.74. The number of hydrogen-bond donors (Lipinski definition) is 1. The minimum atomic E-state index is -0.544. The van der Waals surface area contributed by atoms with E-state index >= 15 is 0 Å². The number of aryl methyl sites for hydroxylation is 2. The van der Waals surface area contributed by atoms with Crippen molar-refractivity contribution in [1.82, 2.24) is 0 Å². The molecule has 6 heteroatoms. The molecule has 0 amide bonds. The minimum Gasteiger partial charge on any atom is -0.482 e. The van der Waals surface area contributed by atoms with Gasteiger partial charge in [0.15, 0.2) is 6.61 Å². The van der Waals surface area contributed by atoms with E-state index in [-0.39, 0.29) is 18.4 Å². The van der Waals surface area contributed by atoms with Gasteiger partial charge in [0.2, 0.25) is 5.88 Å². The third-order valence-electron chi connectivity index (χ3n) is 5.21. The first-order valence-corrected chi connectivity index (χ1v) is 10.1. The lowest BCUT2D eigenvalue weighted by Crippen LogP contribution is -2.21. The van der Waals surface area contributed by atoms with Gasteiger partial charge in [-0.25, -0.2) is 4.79 Å². The number of benzene rings is 3. The molecule has 4 rings (SSSR count). The molecular weight excluding hydrogens is 404 g/mol. The van der Waals surface area contributed by atoms with Gasteiger partial charge in [-0.1, -0.05) is 53.6 Å². The molecule has 3 aromatic carbocycles. The van der Waals surface area contributed by atoms with E-state index in [0.29, 0.717) is 22.8 Å². The first-order chi connectivity index (χ1) is 15.4. The number of ether oxygens (including phenoxy) is 3. The van der Waals surface area contributed by atoms with Crippen LogP contribution in [0.25, 0.3) is 0 Å². The molecule has 160 valence electrons. The number of nitrogens with two attached hydrogens (primary N) is 1. The average Bonchev–Trinajstić information content (AvgIpc) is 2.78. The van der Waals surface area contributed by atoms with E-state index < -0.39 is 5.97 Å². The van der Waals surface area contributed by atoms with Crippen molar-refractivity contribution in [3.8, 4) is 23.3 Å². The monoisotopic (exact) mass is 426 g/mol. The number of nitriles is 1. The van der Waals surface area contributed by atoms with Crippen LogP contribution in [0.1, 0.15) is 28.2 Å². The fraction of sp³-hybridized carbons (Fsp3) is 0.154. The predicted molar refractivity (Wildman–Crippen MR) is 119 cm³/mol. The van der Waals surface area contributed by atoms with Crippen molar-refractivity contribution in [3.05, 3.63) is 100 Å². The van der Waals surface area contributed by atoms with Gasteiger partial charge in [0.25, 0.3) is 0 Å². The Morgan fingerprint density at radius 1 is 1.00 bits per heavy atom. The Morgan fingerprint density at radius 2 is 1.62 bits per heavy atom. The summed E-state index contributed by atoms with van der Waals surface area (Å²) in [6.07, 6.45) is 0. The molecule has 0 bridgehead atoms. The smallest absolute Gasteiger partial charge is 0.349 e. The maximum Gasteiger partial charge on any atom is 0.349 e. The first kappa shape index (κ1) is 21.0. The van der Waals surface area contributed by atoms with E-state index in [9.17, 15) is 10.1 Å². The third kappa shape index (κ3) is 4.42. The van der Waals surface area contributed by atoms with Crippen LogP contribution in [0.2, 0.25) is 0 Å². The highest BCUT2D eigenvalue weighted by atomic mass is 16.6. The van der Waals surface area contributed by atoms with E-state index in [0.717, 1.165) is 22.3 Å². The normalized spacial score (nSPS) is 14.7. The molecule has 0 saturated heterocycles. The summed E-state index contributed by atoms with van der Waals surface area (Å²) in [4.78, 5) is 12.2. The fourth-order valence-electron chi connectivity index (χ4n) is 3.54. The van der Waals surface area contributed by atoms with Crippen LogP contribution in [0.3, 0.4) is 0 Å². The van der Waals surface area contributed by atoms with Crippen molar-refractivity contribution in [3.63, 3.8) is 0 Å². The Morgan fingerprint density at radius 3 is 2.28 bits per heavy atom. The predicted octanol–water partition coefficient (Wildman–Crippen LogP) is 4.51. The molecule has 6 nitrogen and oxygen atoms in total. The van der Waals surface area contributed by atoms with Crippen molar-refractivity contribution in [1.29, 1.82) is 5.26 Å². The Kier molecular flexibility index (Phi) is 5.82. The molecule has 0 fully saturated rings. The maximum atomic E-state index is 12.2. The number of hydrogen-bond acceptors (Lipinski definition) is 6. The zero-order valence-corrected chi connectivity index (χ0v) is 17.8. The lowest BCUT2D eigenvalue weighted by Gasteiger charge is -2.26. The third-order valence-corrected chi connectivity index (χ3v) is 5.21. The summed E-state index contributed by atoms with van der Waals surface area (Å²) in [5.41, 5.74) is 10.3. The van der Waals surface area contributed by atoms with Crippen LogP contribution in [-0.2, 0) is 4.79 Å². The molecule has 1 unspecified atom stereocenters. The molecule has 0 aromatic heterocycles. The van der Waals surface area contributed by atoms with Gasteiger partial charge in [-0.15, -0.1) is 0 Å². The van der Waals surface area contributed by atoms with Gasteiger partial charge < -0.3 is 19.9 Å². The fourth-order valence-corrected chi connectivity index (χ4v) is 3.54. The van der Waals surface area contributed by atoms with E-state index in [1.807, 2.05) is 50.2 Å². The Hall–Kier alpha value is -4.24. The molecule has 1 atom stereocenters. The van der Waals surface area contributed by atoms with Crippen molar-refractivity contribution >= 4 is 5.97 Å². The molecule has 0 aliphatic carbocycles. The molecule has 32 heavy (non-hydrogen) atoms. The average molecular weight is 426 g/mol. The molecule has 1 aliphatic rings. The summed E-state index contributed by atoms with van der Waals surface area (Å²) in [7, 11) is 0. The minimum absolute atomic E-state index is 0.0387. The number of allylic oxidation sites excluding steroid dienone is 1. The van der Waals surface area contributed by atoms with E-state index in [2.05, 4.69) is 6.07 Å². The van der Waals surface area contributed by atoms with Crippen LogP contribution >= 0.6 is 0 Å². The highest BCUT2D eigenvalue weighted by Crippen LogP contribution is 2.43. The van der Waals surface area contributed by atoms with Crippen LogP contribution in [0.4, 0.5) is 0 Å². The molecule has 2 N–H and O–H groups in total. The highest BCUT2D eigenvalue weighted by Gasteiger charge is 2.31. The summed E-state index contributed by atoms with van der Waals surface area (Å²) in [6, 6.07) is 22.5. The molecule has 0 radical (unpaired) electrons. The van der Waals surface area contributed by atoms with Crippen LogP contribution in [-0.4, -0.2) is 12.6 Å². The van der Waals surface area contributed by atoms with Gasteiger partial charge in [0.05, 0.1) is 5.92 Å². The quantitative estimate of drug-likeness (QED) is 0.477. The molecule has 0 spiro atoms. The zero-order chi connectivity index (χ0) is 22.7. The molecule has 0 saturated carbocycles. The van der Waals surface area contributed by atoms with Gasteiger partial charge in [-0.3, -0.25) is 0 Å². The van der Waals surface area contributed by atoms with Crippen LogP contribution < -0.4 is 19.9 Å². The summed E-state index contributed by atoms with van der Waals surface area (Å²) in [5.74, 6) is 0.464. The van der Waals surface area contributed by atoms with Crippen LogP contribution in [0, 0.1) is 25.2 Å². The number of fused-ring (bicyclic) bond motifs is 1. The van der Waals surface area contributed by atoms with Gasteiger partial charge in [-0.2, -0.15) is 5.26 Å². The van der Waals surface area contributed by atoms with Crippen LogP contribution in [0.15, 0.2) is 78.2 Å². The van der Waals surface area contributed by atoms with Crippen LogP contribution in [0.5, 0.6) is 17.2 Å². The number of nitrogens with zero attached hydrogens (tertiary/aromatic N) is 1. The van der Waals surface area contributed by atoms with E-state index in [4.69, 9.17) is 19.9 Å². The largest absolute Gasteiger partial charge is 0.482 e. The van der Waals surface area contributed by atoms with Gasteiger partial charge >= 0.3 is 5.97 Å². The summed E-state index contributed by atoms with van der Waals surface area (Å²) in [5, 5.41) is 9.66. The zero-order valence-electron chi connectivity index (χ0n) is 17.8. The Labute approximate surface area is 186 Å². The molecular formula is C26H22N2O4. The Bertz CT molecular complexity index is 1220. The van der Waals surface area contributed by atoms with E-state index in [1.165, 1.54) is 0 Å². The summed E-state index contributed by atoms with van der Waals surface area (Å²) in [6.45, 7) is 3.75.